The zero-order valence-corrected chi connectivity index (χ0v) is 17.8. The fourth-order valence-electron chi connectivity index (χ4n) is 3.61. The van der Waals surface area contributed by atoms with Crippen molar-refractivity contribution in [3.05, 3.63) is 48.0 Å². The second-order valence-corrected chi connectivity index (χ2v) is 7.72. The van der Waals surface area contributed by atoms with Crippen molar-refractivity contribution in [3.8, 4) is 0 Å². The molecule has 5 heteroatoms. The van der Waals surface area contributed by atoms with Gasteiger partial charge in [0.25, 0.3) is 0 Å². The van der Waals surface area contributed by atoms with Gasteiger partial charge in [0.15, 0.2) is 5.96 Å². The molecule has 1 unspecified atom stereocenters. The highest BCUT2D eigenvalue weighted by Crippen LogP contribution is 2.20. The van der Waals surface area contributed by atoms with Crippen LogP contribution in [0.15, 0.2) is 47.5 Å². The van der Waals surface area contributed by atoms with E-state index in [0.717, 1.165) is 64.7 Å². The highest BCUT2D eigenvalue weighted by atomic mass is 16.5. The van der Waals surface area contributed by atoms with E-state index in [1.54, 1.807) is 0 Å². The van der Waals surface area contributed by atoms with Crippen LogP contribution in [0.2, 0.25) is 0 Å². The number of ether oxygens (including phenoxy) is 2. The Morgan fingerprint density at radius 1 is 1.17 bits per heavy atom. The van der Waals surface area contributed by atoms with Crippen LogP contribution in [0.4, 0.5) is 0 Å². The molecule has 158 valence electrons. The molecule has 29 heavy (non-hydrogen) atoms. The molecule has 3 rings (SSSR count). The SMILES string of the molecule is CCNC(=NCCCOCC1CCOCC1)NC(C)c1ccc2ccccc2c1. The van der Waals surface area contributed by atoms with Crippen LogP contribution in [0.5, 0.6) is 0 Å². The summed E-state index contributed by atoms with van der Waals surface area (Å²) in [5, 5.41) is 9.41. The molecule has 1 fully saturated rings. The van der Waals surface area contributed by atoms with E-state index in [2.05, 4.69) is 66.9 Å². The van der Waals surface area contributed by atoms with Crippen LogP contribution in [-0.4, -0.2) is 45.5 Å². The first-order valence-electron chi connectivity index (χ1n) is 11.0. The lowest BCUT2D eigenvalue weighted by molar-refractivity contribution is 0.0205. The van der Waals surface area contributed by atoms with E-state index in [-0.39, 0.29) is 6.04 Å². The summed E-state index contributed by atoms with van der Waals surface area (Å²) in [7, 11) is 0. The number of guanidine groups is 1. The molecule has 0 saturated carbocycles. The number of rotatable bonds is 9. The molecule has 0 aromatic heterocycles. The standard InChI is InChI=1S/C24H35N3O2/c1-3-25-24(26-13-6-14-29-18-20-11-15-28-16-12-20)27-19(2)22-10-9-21-7-4-5-8-23(21)17-22/h4-5,7-10,17,19-20H,3,6,11-16,18H2,1-2H3,(H2,25,26,27). The Kier molecular flexibility index (Phi) is 8.78. The second kappa shape index (κ2) is 11.8. The molecule has 2 N–H and O–H groups in total. The van der Waals surface area contributed by atoms with Gasteiger partial charge in [0.05, 0.1) is 6.04 Å². The summed E-state index contributed by atoms with van der Waals surface area (Å²) in [5.74, 6) is 1.52. The Labute approximate surface area is 174 Å². The smallest absolute Gasteiger partial charge is 0.191 e. The van der Waals surface area contributed by atoms with Gasteiger partial charge in [-0.15, -0.1) is 0 Å². The Morgan fingerprint density at radius 3 is 2.76 bits per heavy atom. The average molecular weight is 398 g/mol. The minimum absolute atomic E-state index is 0.183. The van der Waals surface area contributed by atoms with Gasteiger partial charge >= 0.3 is 0 Å². The number of nitrogens with zero attached hydrogens (tertiary/aromatic N) is 1. The quantitative estimate of drug-likeness (QED) is 0.377. The van der Waals surface area contributed by atoms with Gasteiger partial charge in [-0.1, -0.05) is 36.4 Å². The molecule has 0 bridgehead atoms. The average Bonchev–Trinajstić information content (AvgIpc) is 2.76. The topological polar surface area (TPSA) is 54.9 Å². The maximum absolute atomic E-state index is 5.84. The number of hydrogen-bond donors (Lipinski definition) is 2. The minimum atomic E-state index is 0.183. The van der Waals surface area contributed by atoms with E-state index in [4.69, 9.17) is 14.5 Å². The molecule has 0 amide bonds. The fraction of sp³-hybridized carbons (Fsp3) is 0.542. The zero-order valence-electron chi connectivity index (χ0n) is 17.8. The molecule has 0 radical (unpaired) electrons. The zero-order chi connectivity index (χ0) is 20.3. The maximum atomic E-state index is 5.84. The number of aliphatic imine (C=N–C) groups is 1. The molecule has 1 heterocycles. The molecular formula is C24H35N3O2. The van der Waals surface area contributed by atoms with Gasteiger partial charge in [-0.05, 0) is 61.4 Å². The van der Waals surface area contributed by atoms with Gasteiger partial charge in [0.2, 0.25) is 0 Å². The predicted octanol–water partition coefficient (Wildman–Crippen LogP) is 4.29. The Balaban J connectivity index is 1.45. The van der Waals surface area contributed by atoms with Gasteiger partial charge in [0, 0.05) is 39.5 Å². The van der Waals surface area contributed by atoms with Crippen LogP contribution < -0.4 is 10.6 Å². The van der Waals surface area contributed by atoms with Crippen molar-refractivity contribution in [2.45, 2.75) is 39.2 Å². The van der Waals surface area contributed by atoms with Crippen LogP contribution in [-0.2, 0) is 9.47 Å². The highest BCUT2D eigenvalue weighted by molar-refractivity contribution is 5.84. The molecule has 0 spiro atoms. The molecule has 1 aliphatic rings. The maximum Gasteiger partial charge on any atom is 0.191 e. The molecule has 1 saturated heterocycles. The Morgan fingerprint density at radius 2 is 1.97 bits per heavy atom. The number of nitrogens with one attached hydrogen (secondary N) is 2. The summed E-state index contributed by atoms with van der Waals surface area (Å²) in [4.78, 5) is 4.72. The number of hydrogen-bond acceptors (Lipinski definition) is 3. The highest BCUT2D eigenvalue weighted by Gasteiger charge is 2.13. The number of fused-ring (bicyclic) bond motifs is 1. The van der Waals surface area contributed by atoms with E-state index in [0.29, 0.717) is 5.92 Å². The van der Waals surface area contributed by atoms with Crippen molar-refractivity contribution in [2.24, 2.45) is 10.9 Å². The summed E-state index contributed by atoms with van der Waals surface area (Å²) >= 11 is 0. The minimum Gasteiger partial charge on any atom is -0.381 e. The van der Waals surface area contributed by atoms with E-state index < -0.39 is 0 Å². The first-order chi connectivity index (χ1) is 14.3. The van der Waals surface area contributed by atoms with E-state index in [1.165, 1.54) is 16.3 Å². The van der Waals surface area contributed by atoms with Crippen molar-refractivity contribution in [1.82, 2.24) is 10.6 Å². The molecule has 2 aromatic carbocycles. The van der Waals surface area contributed by atoms with Crippen LogP contribution >= 0.6 is 0 Å². The number of benzene rings is 2. The van der Waals surface area contributed by atoms with Crippen LogP contribution in [0.3, 0.4) is 0 Å². The summed E-state index contributed by atoms with van der Waals surface area (Å²) < 4.78 is 11.2. The molecule has 5 nitrogen and oxygen atoms in total. The first-order valence-corrected chi connectivity index (χ1v) is 11.0. The van der Waals surface area contributed by atoms with Crippen LogP contribution in [0.25, 0.3) is 10.8 Å². The third kappa shape index (κ3) is 7.02. The molecule has 1 atom stereocenters. The molecule has 2 aromatic rings. The third-order valence-corrected chi connectivity index (χ3v) is 5.38. The van der Waals surface area contributed by atoms with Crippen molar-refractivity contribution in [2.75, 3.05) is 39.5 Å². The van der Waals surface area contributed by atoms with E-state index >= 15 is 0 Å². The summed E-state index contributed by atoms with van der Waals surface area (Å²) in [6, 6.07) is 15.3. The lowest BCUT2D eigenvalue weighted by atomic mass is 10.0. The second-order valence-electron chi connectivity index (χ2n) is 7.72. The van der Waals surface area contributed by atoms with Crippen molar-refractivity contribution < 1.29 is 9.47 Å². The van der Waals surface area contributed by atoms with Crippen molar-refractivity contribution in [1.29, 1.82) is 0 Å². The van der Waals surface area contributed by atoms with Gasteiger partial charge in [-0.2, -0.15) is 0 Å². The monoisotopic (exact) mass is 397 g/mol. The van der Waals surface area contributed by atoms with Gasteiger partial charge in [0.1, 0.15) is 0 Å². The predicted molar refractivity (Wildman–Crippen MR) is 120 cm³/mol. The van der Waals surface area contributed by atoms with Gasteiger partial charge in [-0.3, -0.25) is 4.99 Å². The lowest BCUT2D eigenvalue weighted by Gasteiger charge is -2.21. The van der Waals surface area contributed by atoms with Gasteiger partial charge in [-0.25, -0.2) is 0 Å². The fourth-order valence-corrected chi connectivity index (χ4v) is 3.61. The van der Waals surface area contributed by atoms with E-state index in [9.17, 15) is 0 Å². The summed E-state index contributed by atoms with van der Waals surface area (Å²) in [6.45, 7) is 9.24. The molecular weight excluding hydrogens is 362 g/mol. The molecule has 0 aliphatic carbocycles. The van der Waals surface area contributed by atoms with Crippen LogP contribution in [0, 0.1) is 5.92 Å². The lowest BCUT2D eigenvalue weighted by Crippen LogP contribution is -2.38. The van der Waals surface area contributed by atoms with Gasteiger partial charge < -0.3 is 20.1 Å². The van der Waals surface area contributed by atoms with Crippen molar-refractivity contribution in [3.63, 3.8) is 0 Å². The van der Waals surface area contributed by atoms with Crippen molar-refractivity contribution >= 4 is 16.7 Å². The van der Waals surface area contributed by atoms with E-state index in [1.807, 2.05) is 0 Å². The first kappa shape index (κ1) is 21.6. The Bertz CT molecular complexity index is 772. The normalized spacial score (nSPS) is 16.7. The summed E-state index contributed by atoms with van der Waals surface area (Å²) in [5.41, 5.74) is 1.26. The molecule has 1 aliphatic heterocycles. The summed E-state index contributed by atoms with van der Waals surface area (Å²) in [6.07, 6.45) is 3.18. The largest absolute Gasteiger partial charge is 0.381 e. The Hall–Kier alpha value is -2.11. The van der Waals surface area contributed by atoms with Crippen LogP contribution in [0.1, 0.15) is 44.7 Å². The third-order valence-electron chi connectivity index (χ3n) is 5.38.